The minimum atomic E-state index is -0.190. The molecule has 1 aromatic carbocycles. The summed E-state index contributed by atoms with van der Waals surface area (Å²) in [5, 5.41) is 0. The Kier molecular flexibility index (Phi) is 3.19. The third-order valence-electron chi connectivity index (χ3n) is 2.51. The lowest BCUT2D eigenvalue weighted by Crippen LogP contribution is -2.16. The van der Waals surface area contributed by atoms with Crippen molar-refractivity contribution in [3.05, 3.63) is 29.8 Å². The summed E-state index contributed by atoms with van der Waals surface area (Å²) in [6.45, 7) is 0.816. The SMILES string of the molecule is O=Cc1ccc(OCC2CCOC2=O)cc1. The molecule has 1 aliphatic rings. The van der Waals surface area contributed by atoms with Crippen molar-refractivity contribution in [3.8, 4) is 5.75 Å². The van der Waals surface area contributed by atoms with E-state index in [0.717, 1.165) is 6.29 Å². The number of cyclic esters (lactones) is 1. The van der Waals surface area contributed by atoms with Crippen molar-refractivity contribution in [2.24, 2.45) is 5.92 Å². The molecule has 1 fully saturated rings. The molecular formula is C12H12O4. The second-order valence-corrected chi connectivity index (χ2v) is 3.65. The number of esters is 1. The smallest absolute Gasteiger partial charge is 0.312 e. The van der Waals surface area contributed by atoms with Crippen LogP contribution in [0.4, 0.5) is 0 Å². The van der Waals surface area contributed by atoms with E-state index in [1.807, 2.05) is 0 Å². The molecule has 0 aliphatic carbocycles. The lowest BCUT2D eigenvalue weighted by Gasteiger charge is -2.08. The van der Waals surface area contributed by atoms with Gasteiger partial charge in [0, 0.05) is 5.56 Å². The Morgan fingerprint density at radius 1 is 1.38 bits per heavy atom. The predicted octanol–water partition coefficient (Wildman–Crippen LogP) is 1.44. The van der Waals surface area contributed by atoms with Crippen molar-refractivity contribution in [2.75, 3.05) is 13.2 Å². The van der Waals surface area contributed by atoms with Crippen molar-refractivity contribution in [1.82, 2.24) is 0 Å². The number of aldehydes is 1. The molecule has 2 rings (SSSR count). The molecule has 0 spiro atoms. The Morgan fingerprint density at radius 3 is 2.69 bits per heavy atom. The van der Waals surface area contributed by atoms with E-state index >= 15 is 0 Å². The second kappa shape index (κ2) is 4.79. The van der Waals surface area contributed by atoms with E-state index in [-0.39, 0.29) is 11.9 Å². The van der Waals surface area contributed by atoms with E-state index in [2.05, 4.69) is 0 Å². The number of carbonyl (C=O) groups is 2. The van der Waals surface area contributed by atoms with Crippen LogP contribution in [0.3, 0.4) is 0 Å². The average molecular weight is 220 g/mol. The predicted molar refractivity (Wildman–Crippen MR) is 56.4 cm³/mol. The minimum absolute atomic E-state index is 0.161. The zero-order chi connectivity index (χ0) is 11.4. The summed E-state index contributed by atoms with van der Waals surface area (Å²) >= 11 is 0. The first kappa shape index (κ1) is 10.7. The molecule has 4 nitrogen and oxygen atoms in total. The van der Waals surface area contributed by atoms with Crippen LogP contribution in [0.15, 0.2) is 24.3 Å². The molecule has 4 heteroatoms. The summed E-state index contributed by atoms with van der Waals surface area (Å²) in [6.07, 6.45) is 1.49. The fourth-order valence-corrected chi connectivity index (χ4v) is 1.53. The average Bonchev–Trinajstić information content (AvgIpc) is 2.73. The van der Waals surface area contributed by atoms with Crippen molar-refractivity contribution >= 4 is 12.3 Å². The first-order chi connectivity index (χ1) is 7.79. The zero-order valence-corrected chi connectivity index (χ0v) is 8.72. The normalized spacial score (nSPS) is 19.2. The topological polar surface area (TPSA) is 52.6 Å². The van der Waals surface area contributed by atoms with Gasteiger partial charge in [0.25, 0.3) is 0 Å². The highest BCUT2D eigenvalue weighted by Gasteiger charge is 2.26. The van der Waals surface area contributed by atoms with Crippen LogP contribution in [0.1, 0.15) is 16.8 Å². The maximum Gasteiger partial charge on any atom is 0.312 e. The molecule has 0 saturated carbocycles. The van der Waals surface area contributed by atoms with Gasteiger partial charge in [-0.1, -0.05) is 0 Å². The molecule has 0 aromatic heterocycles. The Bertz CT molecular complexity index is 383. The van der Waals surface area contributed by atoms with Gasteiger partial charge in [0.05, 0.1) is 12.5 Å². The third-order valence-corrected chi connectivity index (χ3v) is 2.51. The number of benzene rings is 1. The van der Waals surface area contributed by atoms with Crippen LogP contribution in [0.5, 0.6) is 5.75 Å². The van der Waals surface area contributed by atoms with Crippen molar-refractivity contribution in [2.45, 2.75) is 6.42 Å². The van der Waals surface area contributed by atoms with E-state index in [0.29, 0.717) is 30.9 Å². The molecule has 1 unspecified atom stereocenters. The molecule has 1 aliphatic heterocycles. The first-order valence-electron chi connectivity index (χ1n) is 5.14. The van der Waals surface area contributed by atoms with Gasteiger partial charge in [-0.25, -0.2) is 0 Å². The van der Waals surface area contributed by atoms with Gasteiger partial charge >= 0.3 is 5.97 Å². The van der Waals surface area contributed by atoms with Crippen LogP contribution in [0.2, 0.25) is 0 Å². The Balaban J connectivity index is 1.89. The number of rotatable bonds is 4. The molecule has 84 valence electrons. The van der Waals surface area contributed by atoms with Gasteiger partial charge < -0.3 is 9.47 Å². The molecule has 0 bridgehead atoms. The fraction of sp³-hybridized carbons (Fsp3) is 0.333. The summed E-state index contributed by atoms with van der Waals surface area (Å²) in [7, 11) is 0. The van der Waals surface area contributed by atoms with E-state index in [4.69, 9.17) is 9.47 Å². The molecule has 0 amide bonds. The van der Waals surface area contributed by atoms with Crippen LogP contribution in [-0.4, -0.2) is 25.5 Å². The van der Waals surface area contributed by atoms with Gasteiger partial charge in [-0.3, -0.25) is 9.59 Å². The maximum absolute atomic E-state index is 11.1. The zero-order valence-electron chi connectivity index (χ0n) is 8.72. The summed E-state index contributed by atoms with van der Waals surface area (Å²) in [4.78, 5) is 21.6. The fourth-order valence-electron chi connectivity index (χ4n) is 1.53. The molecule has 1 saturated heterocycles. The number of ether oxygens (including phenoxy) is 2. The largest absolute Gasteiger partial charge is 0.493 e. The Labute approximate surface area is 93.2 Å². The van der Waals surface area contributed by atoms with E-state index in [1.54, 1.807) is 24.3 Å². The van der Waals surface area contributed by atoms with E-state index in [9.17, 15) is 9.59 Å². The molecule has 16 heavy (non-hydrogen) atoms. The van der Waals surface area contributed by atoms with Crippen LogP contribution >= 0.6 is 0 Å². The molecule has 1 atom stereocenters. The molecule has 1 aromatic rings. The van der Waals surface area contributed by atoms with Crippen molar-refractivity contribution < 1.29 is 19.1 Å². The summed E-state index contributed by atoms with van der Waals surface area (Å²) in [6, 6.07) is 6.78. The van der Waals surface area contributed by atoms with Gasteiger partial charge in [0.1, 0.15) is 18.6 Å². The summed E-state index contributed by atoms with van der Waals surface area (Å²) < 4.78 is 10.3. The van der Waals surface area contributed by atoms with Gasteiger partial charge in [0.2, 0.25) is 0 Å². The standard InChI is InChI=1S/C12H12O4/c13-7-9-1-3-11(4-2-9)16-8-10-5-6-15-12(10)14/h1-4,7,10H,5-6,8H2. The monoisotopic (exact) mass is 220 g/mol. The van der Waals surface area contributed by atoms with Crippen molar-refractivity contribution in [1.29, 1.82) is 0 Å². The van der Waals surface area contributed by atoms with Crippen LogP contribution < -0.4 is 4.74 Å². The molecule has 1 heterocycles. The lowest BCUT2D eigenvalue weighted by molar-refractivity contribution is -0.141. The van der Waals surface area contributed by atoms with E-state index < -0.39 is 0 Å². The minimum Gasteiger partial charge on any atom is -0.493 e. The lowest BCUT2D eigenvalue weighted by atomic mass is 10.1. The van der Waals surface area contributed by atoms with Crippen LogP contribution in [0.25, 0.3) is 0 Å². The van der Waals surface area contributed by atoms with Gasteiger partial charge in [-0.05, 0) is 30.7 Å². The number of carbonyl (C=O) groups excluding carboxylic acids is 2. The van der Waals surface area contributed by atoms with Gasteiger partial charge in [-0.15, -0.1) is 0 Å². The highest BCUT2D eigenvalue weighted by atomic mass is 16.5. The molecule has 0 radical (unpaired) electrons. The summed E-state index contributed by atoms with van der Waals surface area (Å²) in [5.41, 5.74) is 0.604. The van der Waals surface area contributed by atoms with Crippen LogP contribution in [0, 0.1) is 5.92 Å². The maximum atomic E-state index is 11.1. The highest BCUT2D eigenvalue weighted by molar-refractivity contribution is 5.75. The third kappa shape index (κ3) is 2.39. The number of hydrogen-bond donors (Lipinski definition) is 0. The Hall–Kier alpha value is -1.84. The highest BCUT2D eigenvalue weighted by Crippen LogP contribution is 2.17. The van der Waals surface area contributed by atoms with Crippen LogP contribution in [-0.2, 0) is 9.53 Å². The summed E-state index contributed by atoms with van der Waals surface area (Å²) in [5.74, 6) is 0.306. The number of hydrogen-bond acceptors (Lipinski definition) is 4. The molecular weight excluding hydrogens is 208 g/mol. The Morgan fingerprint density at radius 2 is 2.12 bits per heavy atom. The van der Waals surface area contributed by atoms with E-state index in [1.165, 1.54) is 0 Å². The quantitative estimate of drug-likeness (QED) is 0.569. The van der Waals surface area contributed by atoms with Gasteiger partial charge in [-0.2, -0.15) is 0 Å². The van der Waals surface area contributed by atoms with Gasteiger partial charge in [0.15, 0.2) is 0 Å². The second-order valence-electron chi connectivity index (χ2n) is 3.65. The van der Waals surface area contributed by atoms with Crippen molar-refractivity contribution in [3.63, 3.8) is 0 Å². The molecule has 0 N–H and O–H groups in total. The first-order valence-corrected chi connectivity index (χ1v) is 5.14.